The van der Waals surface area contributed by atoms with Gasteiger partial charge in [0, 0.05) is 6.42 Å². The molecule has 0 aliphatic carbocycles. The van der Waals surface area contributed by atoms with Gasteiger partial charge in [0.2, 0.25) is 0 Å². The van der Waals surface area contributed by atoms with Gasteiger partial charge in [-0.15, -0.1) is 0 Å². The van der Waals surface area contributed by atoms with E-state index >= 15 is 0 Å². The summed E-state index contributed by atoms with van der Waals surface area (Å²) >= 11 is 0. The molecule has 0 fully saturated rings. The largest absolute Gasteiger partial charge is 0.342 e. The van der Waals surface area contributed by atoms with E-state index in [1.54, 1.807) is 0 Å². The molecule has 2 rings (SSSR count). The minimum atomic E-state index is 0.621. The van der Waals surface area contributed by atoms with E-state index in [0.29, 0.717) is 12.5 Å². The molecule has 0 aliphatic rings. The second-order valence-corrected chi connectivity index (χ2v) is 5.07. The Morgan fingerprint density at radius 1 is 1.26 bits per heavy atom. The first-order valence-corrected chi connectivity index (χ1v) is 7.09. The van der Waals surface area contributed by atoms with Crippen molar-refractivity contribution >= 4 is 0 Å². The normalized spacial score (nSPS) is 12.6. The van der Waals surface area contributed by atoms with Crippen molar-refractivity contribution in [3.63, 3.8) is 0 Å². The first-order valence-electron chi connectivity index (χ1n) is 7.09. The Morgan fingerprint density at radius 3 is 2.63 bits per heavy atom. The Kier molecular flexibility index (Phi) is 4.74. The number of nitrogens with two attached hydrogens (primary N) is 1. The van der Waals surface area contributed by atoms with Crippen LogP contribution in [-0.2, 0) is 6.42 Å². The van der Waals surface area contributed by atoms with Crippen LogP contribution in [0.3, 0.4) is 0 Å². The van der Waals surface area contributed by atoms with Crippen molar-refractivity contribution in [2.75, 3.05) is 6.54 Å². The highest BCUT2D eigenvalue weighted by molar-refractivity contribution is 5.59. The summed E-state index contributed by atoms with van der Waals surface area (Å²) in [5, 5.41) is 0. The maximum absolute atomic E-state index is 5.51. The SMILES string of the molecule is CCC(C)c1ccc(-c2cnc(CCCN)[nH]2)cc1. The van der Waals surface area contributed by atoms with Gasteiger partial charge in [-0.25, -0.2) is 4.98 Å². The quantitative estimate of drug-likeness (QED) is 0.832. The zero-order valence-electron chi connectivity index (χ0n) is 11.8. The van der Waals surface area contributed by atoms with Gasteiger partial charge in [0.05, 0.1) is 11.9 Å². The number of hydrogen-bond donors (Lipinski definition) is 2. The van der Waals surface area contributed by atoms with Gasteiger partial charge in [0.25, 0.3) is 0 Å². The van der Waals surface area contributed by atoms with Crippen LogP contribution in [0.25, 0.3) is 11.3 Å². The van der Waals surface area contributed by atoms with Crippen LogP contribution in [0.1, 0.15) is 44.0 Å². The predicted octanol–water partition coefficient (Wildman–Crippen LogP) is 3.48. The van der Waals surface area contributed by atoms with Crippen molar-refractivity contribution in [3.8, 4) is 11.3 Å². The van der Waals surface area contributed by atoms with Crippen LogP contribution in [0.5, 0.6) is 0 Å². The number of aromatic amines is 1. The van der Waals surface area contributed by atoms with E-state index in [9.17, 15) is 0 Å². The second-order valence-electron chi connectivity index (χ2n) is 5.07. The lowest BCUT2D eigenvalue weighted by molar-refractivity contribution is 0.734. The lowest BCUT2D eigenvalue weighted by Crippen LogP contribution is -2.01. The van der Waals surface area contributed by atoms with Gasteiger partial charge >= 0.3 is 0 Å². The predicted molar refractivity (Wildman–Crippen MR) is 80.1 cm³/mol. The van der Waals surface area contributed by atoms with Gasteiger partial charge in [-0.05, 0) is 36.4 Å². The van der Waals surface area contributed by atoms with E-state index in [1.807, 2.05) is 6.20 Å². The second kappa shape index (κ2) is 6.53. The minimum absolute atomic E-state index is 0.621. The molecule has 0 spiro atoms. The molecular weight excluding hydrogens is 234 g/mol. The summed E-state index contributed by atoms with van der Waals surface area (Å²) in [7, 11) is 0. The van der Waals surface area contributed by atoms with E-state index in [0.717, 1.165) is 24.4 Å². The van der Waals surface area contributed by atoms with Gasteiger partial charge in [-0.2, -0.15) is 0 Å². The molecule has 1 unspecified atom stereocenters. The van der Waals surface area contributed by atoms with Crippen LogP contribution in [0.4, 0.5) is 0 Å². The third-order valence-electron chi connectivity index (χ3n) is 3.65. The Hall–Kier alpha value is -1.61. The van der Waals surface area contributed by atoms with E-state index in [-0.39, 0.29) is 0 Å². The zero-order valence-corrected chi connectivity index (χ0v) is 11.8. The molecule has 19 heavy (non-hydrogen) atoms. The van der Waals surface area contributed by atoms with Gasteiger partial charge < -0.3 is 10.7 Å². The molecule has 1 atom stereocenters. The number of nitrogens with zero attached hydrogens (tertiary/aromatic N) is 1. The van der Waals surface area contributed by atoms with Crippen molar-refractivity contribution < 1.29 is 0 Å². The average molecular weight is 257 g/mol. The third kappa shape index (κ3) is 3.44. The number of rotatable bonds is 6. The summed E-state index contributed by atoms with van der Waals surface area (Å²) in [5.41, 5.74) is 9.19. The molecule has 0 saturated heterocycles. The maximum Gasteiger partial charge on any atom is 0.106 e. The first kappa shape index (κ1) is 13.8. The first-order chi connectivity index (χ1) is 9.24. The van der Waals surface area contributed by atoms with Crippen LogP contribution in [-0.4, -0.2) is 16.5 Å². The molecule has 0 bridgehead atoms. The fourth-order valence-electron chi connectivity index (χ4n) is 2.13. The lowest BCUT2D eigenvalue weighted by Gasteiger charge is -2.09. The molecule has 1 aromatic heterocycles. The van der Waals surface area contributed by atoms with Crippen LogP contribution in [0, 0.1) is 0 Å². The third-order valence-corrected chi connectivity index (χ3v) is 3.65. The molecule has 3 nitrogen and oxygen atoms in total. The van der Waals surface area contributed by atoms with E-state index in [2.05, 4.69) is 48.1 Å². The van der Waals surface area contributed by atoms with Crippen molar-refractivity contribution in [2.45, 2.75) is 39.0 Å². The van der Waals surface area contributed by atoms with Crippen molar-refractivity contribution in [1.82, 2.24) is 9.97 Å². The molecule has 0 saturated carbocycles. The number of H-pyrrole nitrogens is 1. The topological polar surface area (TPSA) is 54.7 Å². The summed E-state index contributed by atoms with van der Waals surface area (Å²) in [5.74, 6) is 1.64. The Morgan fingerprint density at radius 2 is 2.00 bits per heavy atom. The lowest BCUT2D eigenvalue weighted by atomic mass is 9.97. The summed E-state index contributed by atoms with van der Waals surface area (Å²) in [6.45, 7) is 5.19. The Labute approximate surface area is 115 Å². The molecule has 1 heterocycles. The maximum atomic E-state index is 5.51. The molecule has 102 valence electrons. The zero-order chi connectivity index (χ0) is 13.7. The van der Waals surface area contributed by atoms with Crippen LogP contribution < -0.4 is 5.73 Å². The summed E-state index contributed by atoms with van der Waals surface area (Å²) in [4.78, 5) is 7.75. The average Bonchev–Trinajstić information content (AvgIpc) is 2.93. The number of hydrogen-bond acceptors (Lipinski definition) is 2. The monoisotopic (exact) mass is 257 g/mol. The molecule has 1 aromatic carbocycles. The highest BCUT2D eigenvalue weighted by Crippen LogP contribution is 2.23. The number of aryl methyl sites for hydroxylation is 1. The fourth-order valence-corrected chi connectivity index (χ4v) is 2.13. The van der Waals surface area contributed by atoms with Crippen LogP contribution in [0.15, 0.2) is 30.5 Å². The molecule has 0 radical (unpaired) electrons. The van der Waals surface area contributed by atoms with Crippen LogP contribution in [0.2, 0.25) is 0 Å². The van der Waals surface area contributed by atoms with Gasteiger partial charge in [-0.3, -0.25) is 0 Å². The molecule has 0 amide bonds. The number of imidazole rings is 1. The van der Waals surface area contributed by atoms with Gasteiger partial charge in [-0.1, -0.05) is 38.1 Å². The van der Waals surface area contributed by atoms with Crippen LogP contribution >= 0.6 is 0 Å². The molecule has 3 heteroatoms. The Bertz CT molecular complexity index is 499. The summed E-state index contributed by atoms with van der Waals surface area (Å²) < 4.78 is 0. The highest BCUT2D eigenvalue weighted by Gasteiger charge is 2.05. The fraction of sp³-hybridized carbons (Fsp3) is 0.438. The van der Waals surface area contributed by atoms with Crippen molar-refractivity contribution in [3.05, 3.63) is 41.9 Å². The standard InChI is InChI=1S/C16H23N3/c1-3-12(2)13-6-8-14(9-7-13)15-11-18-16(19-15)5-4-10-17/h6-9,11-12H,3-5,10,17H2,1-2H3,(H,18,19). The number of nitrogens with one attached hydrogen (secondary N) is 1. The molecule has 2 aromatic rings. The van der Waals surface area contributed by atoms with E-state index in [1.165, 1.54) is 17.5 Å². The smallest absolute Gasteiger partial charge is 0.106 e. The Balaban J connectivity index is 2.11. The van der Waals surface area contributed by atoms with Gasteiger partial charge in [0.15, 0.2) is 0 Å². The van der Waals surface area contributed by atoms with E-state index < -0.39 is 0 Å². The molecule has 3 N–H and O–H groups in total. The summed E-state index contributed by atoms with van der Waals surface area (Å²) in [6.07, 6.45) is 4.97. The summed E-state index contributed by atoms with van der Waals surface area (Å²) in [6, 6.07) is 8.76. The number of benzene rings is 1. The number of aromatic nitrogens is 2. The van der Waals surface area contributed by atoms with E-state index in [4.69, 9.17) is 5.73 Å². The van der Waals surface area contributed by atoms with Crippen molar-refractivity contribution in [2.24, 2.45) is 5.73 Å². The molecule has 0 aliphatic heterocycles. The minimum Gasteiger partial charge on any atom is -0.342 e. The highest BCUT2D eigenvalue weighted by atomic mass is 14.9. The van der Waals surface area contributed by atoms with Gasteiger partial charge in [0.1, 0.15) is 5.82 Å². The molecular formula is C16H23N3. The van der Waals surface area contributed by atoms with Crippen molar-refractivity contribution in [1.29, 1.82) is 0 Å².